The standard InChI is InChI=1S/C12H15F5O3/c1-3-8(18)20-10(6-4-5-7-10)11(13,14)9(2,19)12(15,16)17/h3,19H,1,4-7H2,2H3. The van der Waals surface area contributed by atoms with E-state index in [4.69, 9.17) is 0 Å². The maximum atomic E-state index is 14.3. The van der Waals surface area contributed by atoms with E-state index in [0.29, 0.717) is 6.08 Å². The first-order chi connectivity index (χ1) is 8.91. The number of aliphatic hydroxyl groups is 1. The van der Waals surface area contributed by atoms with Crippen molar-refractivity contribution in [1.29, 1.82) is 0 Å². The summed E-state index contributed by atoms with van der Waals surface area (Å²) < 4.78 is 71.1. The molecule has 0 heterocycles. The van der Waals surface area contributed by atoms with Crippen molar-refractivity contribution in [3.8, 4) is 0 Å². The zero-order valence-corrected chi connectivity index (χ0v) is 10.8. The fourth-order valence-corrected chi connectivity index (χ4v) is 2.28. The molecule has 0 aromatic rings. The molecule has 0 amide bonds. The highest BCUT2D eigenvalue weighted by atomic mass is 19.4. The molecule has 1 aliphatic rings. The van der Waals surface area contributed by atoms with Crippen LogP contribution in [0.15, 0.2) is 12.7 Å². The van der Waals surface area contributed by atoms with E-state index in [0.717, 1.165) is 0 Å². The molecular formula is C12H15F5O3. The summed E-state index contributed by atoms with van der Waals surface area (Å²) in [6.45, 7) is 3.00. The summed E-state index contributed by atoms with van der Waals surface area (Å²) in [5, 5.41) is 9.30. The first-order valence-corrected chi connectivity index (χ1v) is 5.93. The molecule has 1 saturated carbocycles. The van der Waals surface area contributed by atoms with Gasteiger partial charge in [0.05, 0.1) is 0 Å². The molecule has 1 unspecified atom stereocenters. The highest BCUT2D eigenvalue weighted by molar-refractivity contribution is 5.81. The van der Waals surface area contributed by atoms with Crippen LogP contribution in [0.4, 0.5) is 22.0 Å². The normalized spacial score (nSPS) is 22.1. The van der Waals surface area contributed by atoms with E-state index in [1.807, 2.05) is 0 Å². The topological polar surface area (TPSA) is 46.5 Å². The fraction of sp³-hybridized carbons (Fsp3) is 0.750. The molecule has 8 heteroatoms. The van der Waals surface area contributed by atoms with Crippen LogP contribution in [-0.2, 0) is 9.53 Å². The van der Waals surface area contributed by atoms with Gasteiger partial charge >= 0.3 is 18.1 Å². The van der Waals surface area contributed by atoms with E-state index in [9.17, 15) is 31.9 Å². The zero-order chi connectivity index (χ0) is 15.8. The number of halogens is 5. The molecule has 0 bridgehead atoms. The van der Waals surface area contributed by atoms with Gasteiger partial charge in [-0.05, 0) is 32.6 Å². The molecule has 1 rings (SSSR count). The number of carbonyl (C=O) groups is 1. The molecule has 0 saturated heterocycles. The Morgan fingerprint density at radius 1 is 1.25 bits per heavy atom. The van der Waals surface area contributed by atoms with Crippen LogP contribution in [-0.4, -0.2) is 34.4 Å². The van der Waals surface area contributed by atoms with Crippen molar-refractivity contribution in [2.45, 2.75) is 55.9 Å². The predicted molar refractivity (Wildman–Crippen MR) is 59.1 cm³/mol. The summed E-state index contributed by atoms with van der Waals surface area (Å²) in [6, 6.07) is 0. The summed E-state index contributed by atoms with van der Waals surface area (Å²) in [5.74, 6) is -5.92. The van der Waals surface area contributed by atoms with E-state index in [-0.39, 0.29) is 19.8 Å². The van der Waals surface area contributed by atoms with Crippen molar-refractivity contribution < 1.29 is 36.6 Å². The summed E-state index contributed by atoms with van der Waals surface area (Å²) in [7, 11) is 0. The van der Waals surface area contributed by atoms with Gasteiger partial charge in [0.1, 0.15) is 0 Å². The lowest BCUT2D eigenvalue weighted by atomic mass is 9.81. The van der Waals surface area contributed by atoms with Crippen molar-refractivity contribution in [1.82, 2.24) is 0 Å². The number of ether oxygens (including phenoxy) is 1. The molecule has 0 radical (unpaired) electrons. The third-order valence-electron chi connectivity index (χ3n) is 3.61. The molecule has 3 nitrogen and oxygen atoms in total. The van der Waals surface area contributed by atoms with Gasteiger partial charge in [0.25, 0.3) is 0 Å². The lowest BCUT2D eigenvalue weighted by Gasteiger charge is -2.44. The molecule has 0 aromatic carbocycles. The lowest BCUT2D eigenvalue weighted by molar-refractivity contribution is -0.360. The first kappa shape index (κ1) is 16.9. The Kier molecular flexibility index (Phi) is 4.20. The molecule has 1 atom stereocenters. The van der Waals surface area contributed by atoms with Gasteiger partial charge in [0.2, 0.25) is 5.60 Å². The quantitative estimate of drug-likeness (QED) is 0.493. The number of rotatable bonds is 4. The second-order valence-corrected chi connectivity index (χ2v) is 4.97. The van der Waals surface area contributed by atoms with Crippen molar-refractivity contribution in [3.05, 3.63) is 12.7 Å². The highest BCUT2D eigenvalue weighted by Gasteiger charge is 2.75. The minimum Gasteiger partial charge on any atom is -0.449 e. The van der Waals surface area contributed by atoms with Gasteiger partial charge in [-0.3, -0.25) is 0 Å². The van der Waals surface area contributed by atoms with Crippen LogP contribution in [0.2, 0.25) is 0 Å². The average Bonchev–Trinajstić information content (AvgIpc) is 2.77. The van der Waals surface area contributed by atoms with Crippen molar-refractivity contribution >= 4 is 5.97 Å². The predicted octanol–water partition coefficient (Wildman–Crippen LogP) is 2.98. The van der Waals surface area contributed by atoms with E-state index in [1.165, 1.54) is 0 Å². The Balaban J connectivity index is 3.26. The van der Waals surface area contributed by atoms with Crippen LogP contribution in [0.25, 0.3) is 0 Å². The Hall–Kier alpha value is -1.18. The van der Waals surface area contributed by atoms with E-state index in [2.05, 4.69) is 11.3 Å². The monoisotopic (exact) mass is 302 g/mol. The Morgan fingerprint density at radius 2 is 1.70 bits per heavy atom. The number of carbonyl (C=O) groups excluding carboxylic acids is 1. The highest BCUT2D eigenvalue weighted by Crippen LogP contribution is 2.54. The number of esters is 1. The molecule has 20 heavy (non-hydrogen) atoms. The summed E-state index contributed by atoms with van der Waals surface area (Å²) in [5.41, 5.74) is -6.97. The second kappa shape index (κ2) is 4.98. The van der Waals surface area contributed by atoms with E-state index >= 15 is 0 Å². The van der Waals surface area contributed by atoms with Crippen LogP contribution >= 0.6 is 0 Å². The van der Waals surface area contributed by atoms with E-state index in [1.54, 1.807) is 0 Å². The summed E-state index contributed by atoms with van der Waals surface area (Å²) >= 11 is 0. The molecule has 0 aromatic heterocycles. The van der Waals surface area contributed by atoms with Gasteiger partial charge in [-0.25, -0.2) is 4.79 Å². The van der Waals surface area contributed by atoms with E-state index < -0.39 is 42.1 Å². The molecular weight excluding hydrogens is 287 g/mol. The summed E-state index contributed by atoms with van der Waals surface area (Å²) in [4.78, 5) is 11.2. The van der Waals surface area contributed by atoms with Crippen LogP contribution < -0.4 is 0 Å². The minimum atomic E-state index is -5.56. The maximum absolute atomic E-state index is 14.3. The van der Waals surface area contributed by atoms with Gasteiger partial charge < -0.3 is 9.84 Å². The first-order valence-electron chi connectivity index (χ1n) is 5.93. The maximum Gasteiger partial charge on any atom is 0.423 e. The fourth-order valence-electron chi connectivity index (χ4n) is 2.28. The Labute approximate surface area is 112 Å². The zero-order valence-electron chi connectivity index (χ0n) is 10.8. The molecule has 1 fully saturated rings. The third-order valence-corrected chi connectivity index (χ3v) is 3.61. The van der Waals surface area contributed by atoms with Crippen LogP contribution in [0.1, 0.15) is 32.6 Å². The Bertz CT molecular complexity index is 394. The van der Waals surface area contributed by atoms with Gasteiger partial charge in [0.15, 0.2) is 5.60 Å². The van der Waals surface area contributed by atoms with Crippen LogP contribution in [0.5, 0.6) is 0 Å². The molecule has 0 spiro atoms. The van der Waals surface area contributed by atoms with Crippen molar-refractivity contribution in [3.63, 3.8) is 0 Å². The molecule has 1 aliphatic carbocycles. The van der Waals surface area contributed by atoms with Crippen LogP contribution in [0.3, 0.4) is 0 Å². The van der Waals surface area contributed by atoms with Gasteiger partial charge in [-0.2, -0.15) is 22.0 Å². The largest absolute Gasteiger partial charge is 0.449 e. The van der Waals surface area contributed by atoms with Gasteiger partial charge in [-0.15, -0.1) is 0 Å². The van der Waals surface area contributed by atoms with Crippen molar-refractivity contribution in [2.75, 3.05) is 0 Å². The van der Waals surface area contributed by atoms with Crippen LogP contribution in [0, 0.1) is 0 Å². The second-order valence-electron chi connectivity index (χ2n) is 4.97. The lowest BCUT2D eigenvalue weighted by Crippen LogP contribution is -2.67. The Morgan fingerprint density at radius 3 is 2.05 bits per heavy atom. The minimum absolute atomic E-state index is 0.0190. The van der Waals surface area contributed by atoms with Gasteiger partial charge in [-0.1, -0.05) is 6.58 Å². The molecule has 0 aliphatic heterocycles. The third kappa shape index (κ3) is 2.41. The average molecular weight is 302 g/mol. The van der Waals surface area contributed by atoms with Gasteiger partial charge in [0, 0.05) is 6.08 Å². The molecule has 1 N–H and O–H groups in total. The number of hydrogen-bond acceptors (Lipinski definition) is 3. The number of hydrogen-bond donors (Lipinski definition) is 1. The number of alkyl halides is 5. The SMILES string of the molecule is C=CC(=O)OC1(C(F)(F)C(C)(O)C(F)(F)F)CCCC1. The van der Waals surface area contributed by atoms with Crippen molar-refractivity contribution in [2.24, 2.45) is 0 Å². The smallest absolute Gasteiger partial charge is 0.423 e. The molecule has 116 valence electrons. The summed E-state index contributed by atoms with van der Waals surface area (Å²) in [6.07, 6.45) is -5.52.